The molecule has 0 radical (unpaired) electrons. The van der Waals surface area contributed by atoms with Gasteiger partial charge in [-0.15, -0.1) is 0 Å². The second-order valence-corrected chi connectivity index (χ2v) is 5.71. The first kappa shape index (κ1) is 13.3. The minimum atomic E-state index is 0.698. The molecule has 20 heavy (non-hydrogen) atoms. The van der Waals surface area contributed by atoms with E-state index in [1.807, 2.05) is 29.6 Å². The molecule has 3 nitrogen and oxygen atoms in total. The Kier molecular flexibility index (Phi) is 3.85. The van der Waals surface area contributed by atoms with Gasteiger partial charge in [-0.3, -0.25) is 0 Å². The monoisotopic (exact) mass is 303 g/mol. The highest BCUT2D eigenvalue weighted by molar-refractivity contribution is 7.08. The number of anilines is 1. The van der Waals surface area contributed by atoms with Crippen molar-refractivity contribution < 1.29 is 0 Å². The van der Waals surface area contributed by atoms with Crippen LogP contribution in [0.25, 0.3) is 22.3 Å². The Balaban J connectivity index is 2.17. The summed E-state index contributed by atoms with van der Waals surface area (Å²) in [5.74, 6) is 1.60. The van der Waals surface area contributed by atoms with Crippen LogP contribution >= 0.6 is 22.9 Å². The summed E-state index contributed by atoms with van der Waals surface area (Å²) in [6.45, 7) is 3.00. The Bertz CT molecular complexity index is 725. The quantitative estimate of drug-likeness (QED) is 0.750. The highest BCUT2D eigenvalue weighted by Gasteiger charge is 2.10. The number of rotatable bonds is 4. The van der Waals surface area contributed by atoms with Crippen molar-refractivity contribution >= 4 is 39.7 Å². The van der Waals surface area contributed by atoms with E-state index in [9.17, 15) is 0 Å². The number of thiophene rings is 1. The largest absolute Gasteiger partial charge is 0.369 e. The number of fused-ring (bicyclic) bond motifs is 1. The van der Waals surface area contributed by atoms with Crippen LogP contribution in [0.1, 0.15) is 13.3 Å². The van der Waals surface area contributed by atoms with E-state index in [0.717, 1.165) is 41.1 Å². The number of hydrogen-bond donors (Lipinski definition) is 1. The lowest BCUT2D eigenvalue weighted by Crippen LogP contribution is -2.04. The van der Waals surface area contributed by atoms with E-state index < -0.39 is 0 Å². The minimum Gasteiger partial charge on any atom is -0.369 e. The molecule has 0 aliphatic carbocycles. The van der Waals surface area contributed by atoms with Gasteiger partial charge in [0.15, 0.2) is 5.82 Å². The first-order valence-corrected chi connectivity index (χ1v) is 7.83. The average Bonchev–Trinajstić information content (AvgIpc) is 2.99. The normalized spacial score (nSPS) is 10.9. The van der Waals surface area contributed by atoms with Crippen LogP contribution in [-0.2, 0) is 0 Å². The van der Waals surface area contributed by atoms with Crippen molar-refractivity contribution in [3.63, 3.8) is 0 Å². The van der Waals surface area contributed by atoms with Crippen molar-refractivity contribution in [2.75, 3.05) is 11.9 Å². The van der Waals surface area contributed by atoms with Crippen LogP contribution < -0.4 is 5.32 Å². The third-order valence-corrected chi connectivity index (χ3v) is 3.90. The van der Waals surface area contributed by atoms with Crippen molar-refractivity contribution in [3.05, 3.63) is 40.0 Å². The lowest BCUT2D eigenvalue weighted by atomic mass is 10.2. The molecule has 0 saturated heterocycles. The van der Waals surface area contributed by atoms with Crippen LogP contribution in [0.5, 0.6) is 0 Å². The van der Waals surface area contributed by atoms with Gasteiger partial charge in [0.25, 0.3) is 0 Å². The average molecular weight is 304 g/mol. The van der Waals surface area contributed by atoms with Gasteiger partial charge in [-0.2, -0.15) is 11.3 Å². The van der Waals surface area contributed by atoms with Gasteiger partial charge >= 0.3 is 0 Å². The summed E-state index contributed by atoms with van der Waals surface area (Å²) < 4.78 is 0. The van der Waals surface area contributed by atoms with Gasteiger partial charge in [0, 0.05) is 27.9 Å². The van der Waals surface area contributed by atoms with E-state index in [1.54, 1.807) is 11.3 Å². The van der Waals surface area contributed by atoms with Crippen molar-refractivity contribution in [1.29, 1.82) is 0 Å². The lowest BCUT2D eigenvalue weighted by Gasteiger charge is -2.10. The Morgan fingerprint density at radius 3 is 2.90 bits per heavy atom. The summed E-state index contributed by atoms with van der Waals surface area (Å²) in [7, 11) is 0. The molecule has 3 aromatic rings. The van der Waals surface area contributed by atoms with E-state index in [-0.39, 0.29) is 0 Å². The van der Waals surface area contributed by atoms with Gasteiger partial charge in [-0.1, -0.05) is 18.5 Å². The van der Waals surface area contributed by atoms with Gasteiger partial charge in [0.05, 0.1) is 5.52 Å². The molecule has 0 aliphatic rings. The van der Waals surface area contributed by atoms with Crippen molar-refractivity contribution in [2.45, 2.75) is 13.3 Å². The minimum absolute atomic E-state index is 0.698. The first-order chi connectivity index (χ1) is 9.78. The molecule has 0 amide bonds. The molecule has 1 N–H and O–H groups in total. The van der Waals surface area contributed by atoms with E-state index in [0.29, 0.717) is 5.02 Å². The molecule has 0 unspecified atom stereocenters. The zero-order valence-corrected chi connectivity index (χ0v) is 12.6. The predicted octanol–water partition coefficient (Wildman–Crippen LogP) is 4.83. The predicted molar refractivity (Wildman–Crippen MR) is 86.6 cm³/mol. The molecule has 2 aromatic heterocycles. The first-order valence-electron chi connectivity index (χ1n) is 6.51. The van der Waals surface area contributed by atoms with Crippen LogP contribution in [0, 0.1) is 0 Å². The van der Waals surface area contributed by atoms with Gasteiger partial charge in [-0.05, 0) is 36.1 Å². The summed E-state index contributed by atoms with van der Waals surface area (Å²) in [4.78, 5) is 9.27. The van der Waals surface area contributed by atoms with Crippen LogP contribution in [0.3, 0.4) is 0 Å². The number of aromatic nitrogens is 2. The number of halogens is 1. The van der Waals surface area contributed by atoms with Gasteiger partial charge < -0.3 is 5.32 Å². The maximum Gasteiger partial charge on any atom is 0.162 e. The van der Waals surface area contributed by atoms with Gasteiger partial charge in [0.2, 0.25) is 0 Å². The third-order valence-electron chi connectivity index (χ3n) is 2.98. The van der Waals surface area contributed by atoms with E-state index >= 15 is 0 Å². The molecular weight excluding hydrogens is 290 g/mol. The van der Waals surface area contributed by atoms with Gasteiger partial charge in [0.1, 0.15) is 5.82 Å². The van der Waals surface area contributed by atoms with E-state index in [4.69, 9.17) is 11.6 Å². The topological polar surface area (TPSA) is 37.8 Å². The van der Waals surface area contributed by atoms with Crippen molar-refractivity contribution in [3.8, 4) is 11.4 Å². The molecule has 3 rings (SSSR count). The molecule has 102 valence electrons. The highest BCUT2D eigenvalue weighted by atomic mass is 35.5. The molecule has 0 bridgehead atoms. The summed E-state index contributed by atoms with van der Waals surface area (Å²) >= 11 is 7.73. The second-order valence-electron chi connectivity index (χ2n) is 4.50. The SMILES string of the molecule is CCCNc1nc(-c2ccsc2)nc2ccc(Cl)cc12. The molecule has 0 fully saturated rings. The molecule has 1 aromatic carbocycles. The number of benzene rings is 1. The molecular formula is C15H14ClN3S. The van der Waals surface area contributed by atoms with Crippen LogP contribution in [0.15, 0.2) is 35.0 Å². The summed E-state index contributed by atoms with van der Waals surface area (Å²) in [5.41, 5.74) is 1.95. The zero-order valence-electron chi connectivity index (χ0n) is 11.1. The maximum absolute atomic E-state index is 6.08. The van der Waals surface area contributed by atoms with Crippen LogP contribution in [0.4, 0.5) is 5.82 Å². The fourth-order valence-electron chi connectivity index (χ4n) is 2.00. The maximum atomic E-state index is 6.08. The Hall–Kier alpha value is -1.65. The van der Waals surface area contributed by atoms with E-state index in [2.05, 4.69) is 27.6 Å². The summed E-state index contributed by atoms with van der Waals surface area (Å²) in [6, 6.07) is 7.74. The summed E-state index contributed by atoms with van der Waals surface area (Å²) in [6.07, 6.45) is 1.04. The Morgan fingerprint density at radius 2 is 2.15 bits per heavy atom. The Labute approximate surface area is 126 Å². The smallest absolute Gasteiger partial charge is 0.162 e. The fourth-order valence-corrected chi connectivity index (χ4v) is 2.81. The van der Waals surface area contributed by atoms with Crippen LogP contribution in [-0.4, -0.2) is 16.5 Å². The molecule has 2 heterocycles. The summed E-state index contributed by atoms with van der Waals surface area (Å²) in [5, 5.41) is 9.11. The van der Waals surface area contributed by atoms with Gasteiger partial charge in [-0.25, -0.2) is 9.97 Å². The van der Waals surface area contributed by atoms with E-state index in [1.165, 1.54) is 0 Å². The lowest BCUT2D eigenvalue weighted by molar-refractivity contribution is 0.970. The molecule has 5 heteroatoms. The molecule has 0 saturated carbocycles. The highest BCUT2D eigenvalue weighted by Crippen LogP contribution is 2.28. The van der Waals surface area contributed by atoms with Crippen LogP contribution in [0.2, 0.25) is 5.02 Å². The number of nitrogens with one attached hydrogen (secondary N) is 1. The number of nitrogens with zero attached hydrogens (tertiary/aromatic N) is 2. The standard InChI is InChI=1S/C15H14ClN3S/c1-2-6-17-15-12-8-11(16)3-4-13(12)18-14(19-15)10-5-7-20-9-10/h3-5,7-9H,2,6H2,1H3,(H,17,18,19). The Morgan fingerprint density at radius 1 is 1.25 bits per heavy atom. The third kappa shape index (κ3) is 2.62. The zero-order chi connectivity index (χ0) is 13.9. The van der Waals surface area contributed by atoms with Crippen molar-refractivity contribution in [2.24, 2.45) is 0 Å². The fraction of sp³-hybridized carbons (Fsp3) is 0.200. The second kappa shape index (κ2) is 5.77. The molecule has 0 aliphatic heterocycles. The van der Waals surface area contributed by atoms with Crippen molar-refractivity contribution in [1.82, 2.24) is 9.97 Å². The number of hydrogen-bond acceptors (Lipinski definition) is 4. The molecule has 0 spiro atoms. The molecule has 0 atom stereocenters.